The fourth-order valence-electron chi connectivity index (χ4n) is 5.37. The monoisotopic (exact) mass is 666 g/mol. The minimum Gasteiger partial charge on any atom is -0.493 e. The zero-order valence-corrected chi connectivity index (χ0v) is 28.4. The lowest BCUT2D eigenvalue weighted by molar-refractivity contribution is 0.0952. The standard InChI is InChI=1S/C38H39ClN4O3S/c1-43(22-20-27-17-18-33(45-2)34(24-27)46-3)36-25-35(39)41-38(42-36)47-26-28-11-10-16-31(23-28)37(44)40-21-19-32(29-12-6-4-7-13-29)30-14-8-5-9-15-30/h4-18,23-25,32H,19-22,26H2,1-3H3,(H,40,44). The van der Waals surface area contributed by atoms with Gasteiger partial charge in [0, 0.05) is 43.4 Å². The molecule has 47 heavy (non-hydrogen) atoms. The van der Waals surface area contributed by atoms with Crippen LogP contribution in [0.3, 0.4) is 0 Å². The SMILES string of the molecule is COc1ccc(CCN(C)c2cc(Cl)nc(SCc3cccc(C(=O)NCCC(c4ccccc4)c4ccccc4)c3)n2)cc1OC. The van der Waals surface area contributed by atoms with Gasteiger partial charge >= 0.3 is 0 Å². The molecule has 0 aliphatic rings. The fourth-order valence-corrected chi connectivity index (χ4v) is 6.40. The molecule has 5 rings (SSSR count). The van der Waals surface area contributed by atoms with E-state index in [1.165, 1.54) is 22.9 Å². The van der Waals surface area contributed by atoms with E-state index in [0.29, 0.717) is 39.7 Å². The first kappa shape index (κ1) is 33.8. The summed E-state index contributed by atoms with van der Waals surface area (Å²) < 4.78 is 10.8. The predicted octanol–water partition coefficient (Wildman–Crippen LogP) is 8.07. The Morgan fingerprint density at radius 1 is 0.830 bits per heavy atom. The van der Waals surface area contributed by atoms with Crippen molar-refractivity contribution < 1.29 is 14.3 Å². The first-order chi connectivity index (χ1) is 22.9. The van der Waals surface area contributed by atoms with E-state index in [-0.39, 0.29) is 11.8 Å². The molecule has 1 amide bonds. The second-order valence-electron chi connectivity index (χ2n) is 11.1. The van der Waals surface area contributed by atoms with Gasteiger partial charge < -0.3 is 19.7 Å². The van der Waals surface area contributed by atoms with Crippen LogP contribution in [0.2, 0.25) is 5.15 Å². The van der Waals surface area contributed by atoms with Crippen LogP contribution in [-0.4, -0.2) is 50.2 Å². The van der Waals surface area contributed by atoms with Crippen LogP contribution in [0.1, 0.15) is 45.0 Å². The Morgan fingerprint density at radius 2 is 1.53 bits per heavy atom. The smallest absolute Gasteiger partial charge is 0.251 e. The molecule has 0 aliphatic carbocycles. The number of hydrogen-bond acceptors (Lipinski definition) is 7. The normalized spacial score (nSPS) is 10.9. The number of thioether (sulfide) groups is 1. The van der Waals surface area contributed by atoms with Crippen LogP contribution in [0.5, 0.6) is 11.5 Å². The van der Waals surface area contributed by atoms with Gasteiger partial charge in [-0.1, -0.05) is 102 Å². The number of nitrogens with one attached hydrogen (secondary N) is 1. The minimum absolute atomic E-state index is 0.0888. The number of benzene rings is 4. The molecule has 1 N–H and O–H groups in total. The molecule has 0 radical (unpaired) electrons. The molecule has 0 fully saturated rings. The topological polar surface area (TPSA) is 76.6 Å². The summed E-state index contributed by atoms with van der Waals surface area (Å²) in [6.07, 6.45) is 1.58. The number of halogens is 1. The third-order valence-electron chi connectivity index (χ3n) is 7.92. The summed E-state index contributed by atoms with van der Waals surface area (Å²) in [5, 5.41) is 4.09. The van der Waals surface area contributed by atoms with Gasteiger partial charge in [-0.25, -0.2) is 9.97 Å². The Hall–Kier alpha value is -4.53. The van der Waals surface area contributed by atoms with Gasteiger partial charge in [0.1, 0.15) is 11.0 Å². The van der Waals surface area contributed by atoms with Gasteiger partial charge in [-0.3, -0.25) is 4.79 Å². The number of rotatable bonds is 15. The molecule has 0 saturated heterocycles. The molecule has 242 valence electrons. The van der Waals surface area contributed by atoms with E-state index in [1.807, 2.05) is 61.6 Å². The Bertz CT molecular complexity index is 1720. The van der Waals surface area contributed by atoms with E-state index < -0.39 is 0 Å². The number of ether oxygens (including phenoxy) is 2. The maximum absolute atomic E-state index is 13.1. The summed E-state index contributed by atoms with van der Waals surface area (Å²) in [6, 6.07) is 36.2. The molecule has 9 heteroatoms. The lowest BCUT2D eigenvalue weighted by Gasteiger charge is -2.19. The van der Waals surface area contributed by atoms with Crippen LogP contribution in [0.4, 0.5) is 5.82 Å². The molecule has 7 nitrogen and oxygen atoms in total. The second kappa shape index (κ2) is 16.9. The van der Waals surface area contributed by atoms with Crippen molar-refractivity contribution in [3.63, 3.8) is 0 Å². The summed E-state index contributed by atoms with van der Waals surface area (Å²) in [6.45, 7) is 1.28. The first-order valence-corrected chi connectivity index (χ1v) is 16.9. The number of carbonyl (C=O) groups excluding carboxylic acids is 1. The van der Waals surface area contributed by atoms with E-state index in [4.69, 9.17) is 26.1 Å². The van der Waals surface area contributed by atoms with Crippen molar-refractivity contribution in [1.29, 1.82) is 0 Å². The number of anilines is 1. The molecular weight excluding hydrogens is 628 g/mol. The maximum Gasteiger partial charge on any atom is 0.251 e. The molecule has 0 saturated carbocycles. The molecule has 0 bridgehead atoms. The summed E-state index contributed by atoms with van der Waals surface area (Å²) in [5.74, 6) is 2.86. The third-order valence-corrected chi connectivity index (χ3v) is 9.03. The van der Waals surface area contributed by atoms with Crippen LogP contribution in [0.15, 0.2) is 114 Å². The van der Waals surface area contributed by atoms with Gasteiger partial charge in [0.15, 0.2) is 16.7 Å². The van der Waals surface area contributed by atoms with E-state index in [0.717, 1.165) is 36.3 Å². The summed E-state index contributed by atoms with van der Waals surface area (Å²) in [4.78, 5) is 24.4. The molecule has 1 aromatic heterocycles. The van der Waals surface area contributed by atoms with Gasteiger partial charge in [0.05, 0.1) is 14.2 Å². The van der Waals surface area contributed by atoms with E-state index in [2.05, 4.69) is 63.7 Å². The number of carbonyl (C=O) groups is 1. The van der Waals surface area contributed by atoms with Crippen LogP contribution >= 0.6 is 23.4 Å². The van der Waals surface area contributed by atoms with Crippen LogP contribution in [0, 0.1) is 0 Å². The Kier molecular flexibility index (Phi) is 12.1. The largest absolute Gasteiger partial charge is 0.493 e. The molecule has 0 spiro atoms. The predicted molar refractivity (Wildman–Crippen MR) is 191 cm³/mol. The van der Waals surface area contributed by atoms with Crippen LogP contribution in [0.25, 0.3) is 0 Å². The Labute approximate surface area is 286 Å². The molecule has 1 heterocycles. The summed E-state index contributed by atoms with van der Waals surface area (Å²) >= 11 is 7.89. The molecule has 0 atom stereocenters. The van der Waals surface area contributed by atoms with Gasteiger partial charge in [0.25, 0.3) is 5.91 Å². The molecular formula is C38H39ClN4O3S. The Morgan fingerprint density at radius 3 is 2.21 bits per heavy atom. The second-order valence-corrected chi connectivity index (χ2v) is 12.4. The number of nitrogens with zero attached hydrogens (tertiary/aromatic N) is 3. The van der Waals surface area contributed by atoms with E-state index in [9.17, 15) is 4.79 Å². The molecule has 5 aromatic rings. The van der Waals surface area contributed by atoms with Gasteiger partial charge in [-0.15, -0.1) is 0 Å². The lowest BCUT2D eigenvalue weighted by atomic mass is 9.88. The van der Waals surface area contributed by atoms with E-state index in [1.54, 1.807) is 20.3 Å². The van der Waals surface area contributed by atoms with E-state index >= 15 is 0 Å². The Balaban J connectivity index is 1.16. The van der Waals surface area contributed by atoms with Crippen molar-refractivity contribution in [2.75, 3.05) is 39.3 Å². The zero-order chi connectivity index (χ0) is 33.0. The fraction of sp³-hybridized carbons (Fsp3) is 0.237. The zero-order valence-electron chi connectivity index (χ0n) is 26.9. The number of aromatic nitrogens is 2. The molecule has 4 aromatic carbocycles. The van der Waals surface area contributed by atoms with Crippen molar-refractivity contribution in [3.05, 3.63) is 142 Å². The van der Waals surface area contributed by atoms with Crippen LogP contribution in [-0.2, 0) is 12.2 Å². The number of amides is 1. The van der Waals surface area contributed by atoms with Crippen LogP contribution < -0.4 is 19.7 Å². The van der Waals surface area contributed by atoms with Crippen molar-refractivity contribution >= 4 is 35.1 Å². The first-order valence-electron chi connectivity index (χ1n) is 15.5. The number of hydrogen-bond donors (Lipinski definition) is 1. The highest BCUT2D eigenvalue weighted by Crippen LogP contribution is 2.29. The van der Waals surface area contributed by atoms with Crippen molar-refractivity contribution in [2.45, 2.75) is 29.7 Å². The average molecular weight is 667 g/mol. The van der Waals surface area contributed by atoms with Crippen molar-refractivity contribution in [2.24, 2.45) is 0 Å². The molecule has 0 aliphatic heterocycles. The maximum atomic E-state index is 13.1. The molecule has 0 unspecified atom stereocenters. The number of likely N-dealkylation sites (N-methyl/N-ethyl adjacent to an activating group) is 1. The number of methoxy groups -OCH3 is 2. The summed E-state index contributed by atoms with van der Waals surface area (Å²) in [5.41, 5.74) is 5.23. The third kappa shape index (κ3) is 9.50. The van der Waals surface area contributed by atoms with Crippen molar-refractivity contribution in [1.82, 2.24) is 15.3 Å². The van der Waals surface area contributed by atoms with Gasteiger partial charge in [-0.2, -0.15) is 0 Å². The van der Waals surface area contributed by atoms with Gasteiger partial charge in [-0.05, 0) is 59.4 Å². The summed E-state index contributed by atoms with van der Waals surface area (Å²) in [7, 11) is 5.25. The highest BCUT2D eigenvalue weighted by molar-refractivity contribution is 7.98. The highest BCUT2D eigenvalue weighted by Gasteiger charge is 2.15. The highest BCUT2D eigenvalue weighted by atomic mass is 35.5. The average Bonchev–Trinajstić information content (AvgIpc) is 3.12. The van der Waals surface area contributed by atoms with Gasteiger partial charge in [0.2, 0.25) is 0 Å². The minimum atomic E-state index is -0.0888. The van der Waals surface area contributed by atoms with Crippen molar-refractivity contribution in [3.8, 4) is 11.5 Å². The quantitative estimate of drug-likeness (QED) is 0.0688. The lowest BCUT2D eigenvalue weighted by Crippen LogP contribution is -2.26.